The van der Waals surface area contributed by atoms with Gasteiger partial charge in [-0.15, -0.1) is 0 Å². The Morgan fingerprint density at radius 3 is 2.30 bits per heavy atom. The van der Waals surface area contributed by atoms with Crippen molar-refractivity contribution in [3.05, 3.63) is 69.2 Å². The molecule has 0 radical (unpaired) electrons. The highest BCUT2D eigenvalue weighted by atomic mass is 35.5. The van der Waals surface area contributed by atoms with Crippen molar-refractivity contribution in [2.45, 2.75) is 19.4 Å². The number of nitrogens with zero attached hydrogens (tertiary/aromatic N) is 1. The lowest BCUT2D eigenvalue weighted by Crippen LogP contribution is -2.28. The SMILES string of the molecule is CC(C)(Nc1ccccc1[N+](=O)[O-])c1ccc(Cl)cc1. The van der Waals surface area contributed by atoms with Crippen LogP contribution in [-0.4, -0.2) is 4.92 Å². The third kappa shape index (κ3) is 3.08. The standard InChI is InChI=1S/C15H15ClN2O2/c1-15(2,11-7-9-12(16)10-8-11)17-13-5-3-4-6-14(13)18(19)20/h3-10,17H,1-2H3. The normalized spacial score (nSPS) is 11.2. The summed E-state index contributed by atoms with van der Waals surface area (Å²) in [6, 6.07) is 14.0. The number of anilines is 1. The first-order chi connectivity index (χ1) is 9.40. The molecule has 2 aromatic carbocycles. The largest absolute Gasteiger partial charge is 0.371 e. The summed E-state index contributed by atoms with van der Waals surface area (Å²) in [7, 11) is 0. The van der Waals surface area contributed by atoms with Crippen molar-refractivity contribution in [3.8, 4) is 0 Å². The summed E-state index contributed by atoms with van der Waals surface area (Å²) < 4.78 is 0. The molecule has 2 aromatic rings. The van der Waals surface area contributed by atoms with Gasteiger partial charge < -0.3 is 5.32 Å². The molecule has 0 amide bonds. The molecule has 0 unspecified atom stereocenters. The molecule has 5 heteroatoms. The number of nitro groups is 1. The minimum Gasteiger partial charge on any atom is -0.371 e. The lowest BCUT2D eigenvalue weighted by molar-refractivity contribution is -0.384. The van der Waals surface area contributed by atoms with Gasteiger partial charge in [0.05, 0.1) is 10.5 Å². The Bertz CT molecular complexity index is 624. The fraction of sp³-hybridized carbons (Fsp3) is 0.200. The van der Waals surface area contributed by atoms with E-state index in [4.69, 9.17) is 11.6 Å². The zero-order chi connectivity index (χ0) is 14.8. The van der Waals surface area contributed by atoms with E-state index in [1.165, 1.54) is 6.07 Å². The molecule has 0 bridgehead atoms. The van der Waals surface area contributed by atoms with Gasteiger partial charge in [0.15, 0.2) is 0 Å². The highest BCUT2D eigenvalue weighted by molar-refractivity contribution is 6.30. The molecular formula is C15H15ClN2O2. The van der Waals surface area contributed by atoms with E-state index in [0.717, 1.165) is 5.56 Å². The Morgan fingerprint density at radius 1 is 1.10 bits per heavy atom. The van der Waals surface area contributed by atoms with E-state index in [1.54, 1.807) is 30.3 Å². The van der Waals surface area contributed by atoms with Gasteiger partial charge in [0, 0.05) is 11.1 Å². The molecular weight excluding hydrogens is 276 g/mol. The monoisotopic (exact) mass is 290 g/mol. The summed E-state index contributed by atoms with van der Waals surface area (Å²) in [5, 5.41) is 14.9. The Morgan fingerprint density at radius 2 is 1.70 bits per heavy atom. The van der Waals surface area contributed by atoms with E-state index in [0.29, 0.717) is 10.7 Å². The third-order valence-electron chi connectivity index (χ3n) is 3.11. The first-order valence-corrected chi connectivity index (χ1v) is 6.55. The third-order valence-corrected chi connectivity index (χ3v) is 3.37. The zero-order valence-electron chi connectivity index (χ0n) is 11.3. The van der Waals surface area contributed by atoms with E-state index >= 15 is 0 Å². The van der Waals surface area contributed by atoms with E-state index in [-0.39, 0.29) is 10.6 Å². The summed E-state index contributed by atoms with van der Waals surface area (Å²) in [5.41, 5.74) is 1.11. The van der Waals surface area contributed by atoms with Crippen LogP contribution in [0.25, 0.3) is 0 Å². The van der Waals surface area contributed by atoms with Crippen LogP contribution >= 0.6 is 11.6 Å². The number of hydrogen-bond acceptors (Lipinski definition) is 3. The van der Waals surface area contributed by atoms with Crippen LogP contribution in [0.5, 0.6) is 0 Å². The summed E-state index contributed by atoms with van der Waals surface area (Å²) >= 11 is 5.88. The molecule has 0 atom stereocenters. The number of nitrogens with one attached hydrogen (secondary N) is 1. The fourth-order valence-corrected chi connectivity index (χ4v) is 2.14. The highest BCUT2D eigenvalue weighted by Crippen LogP contribution is 2.31. The number of para-hydroxylation sites is 2. The van der Waals surface area contributed by atoms with Gasteiger partial charge >= 0.3 is 0 Å². The Kier molecular flexibility index (Phi) is 3.95. The van der Waals surface area contributed by atoms with Crippen molar-refractivity contribution in [2.24, 2.45) is 0 Å². The first kappa shape index (κ1) is 14.3. The summed E-state index contributed by atoms with van der Waals surface area (Å²) in [6.07, 6.45) is 0. The van der Waals surface area contributed by atoms with Crippen LogP contribution in [0, 0.1) is 10.1 Å². The first-order valence-electron chi connectivity index (χ1n) is 6.18. The molecule has 4 nitrogen and oxygen atoms in total. The Labute approximate surface area is 122 Å². The van der Waals surface area contributed by atoms with Crippen LogP contribution in [0.3, 0.4) is 0 Å². The van der Waals surface area contributed by atoms with Crippen molar-refractivity contribution in [1.29, 1.82) is 0 Å². The fourth-order valence-electron chi connectivity index (χ4n) is 2.01. The van der Waals surface area contributed by atoms with Crippen LogP contribution in [0.4, 0.5) is 11.4 Å². The lowest BCUT2D eigenvalue weighted by Gasteiger charge is -2.28. The van der Waals surface area contributed by atoms with E-state index in [9.17, 15) is 10.1 Å². The molecule has 20 heavy (non-hydrogen) atoms. The quantitative estimate of drug-likeness (QED) is 0.661. The van der Waals surface area contributed by atoms with Crippen molar-refractivity contribution < 1.29 is 4.92 Å². The molecule has 0 aromatic heterocycles. The minimum atomic E-state index is -0.448. The molecule has 0 spiro atoms. The molecule has 0 saturated heterocycles. The highest BCUT2D eigenvalue weighted by Gasteiger charge is 2.23. The number of halogens is 1. The van der Waals surface area contributed by atoms with Gasteiger partial charge in [-0.3, -0.25) is 10.1 Å². The van der Waals surface area contributed by atoms with Crippen LogP contribution in [0.1, 0.15) is 19.4 Å². The number of hydrogen-bond donors (Lipinski definition) is 1. The minimum absolute atomic E-state index is 0.0644. The van der Waals surface area contributed by atoms with Gasteiger partial charge in [0.2, 0.25) is 0 Å². The summed E-state index contributed by atoms with van der Waals surface area (Å²) in [5.74, 6) is 0. The van der Waals surface area contributed by atoms with Crippen molar-refractivity contribution in [2.75, 3.05) is 5.32 Å². The topological polar surface area (TPSA) is 55.2 Å². The zero-order valence-corrected chi connectivity index (χ0v) is 12.0. The molecule has 0 aliphatic heterocycles. The average molecular weight is 291 g/mol. The number of rotatable bonds is 4. The smallest absolute Gasteiger partial charge is 0.292 e. The molecule has 104 valence electrons. The average Bonchev–Trinajstić information content (AvgIpc) is 2.39. The second-order valence-corrected chi connectivity index (χ2v) is 5.47. The van der Waals surface area contributed by atoms with Gasteiger partial charge in [-0.1, -0.05) is 35.9 Å². The van der Waals surface area contributed by atoms with E-state index in [2.05, 4.69) is 5.32 Å². The lowest BCUT2D eigenvalue weighted by atomic mass is 9.94. The number of benzene rings is 2. The van der Waals surface area contributed by atoms with Gasteiger partial charge in [-0.2, -0.15) is 0 Å². The molecule has 0 aliphatic rings. The second-order valence-electron chi connectivity index (χ2n) is 5.03. The van der Waals surface area contributed by atoms with Gasteiger partial charge in [0.1, 0.15) is 5.69 Å². The summed E-state index contributed by atoms with van der Waals surface area (Å²) in [4.78, 5) is 10.6. The maximum Gasteiger partial charge on any atom is 0.292 e. The molecule has 0 aliphatic carbocycles. The number of nitro benzene ring substituents is 1. The van der Waals surface area contributed by atoms with Crippen molar-refractivity contribution in [3.63, 3.8) is 0 Å². The van der Waals surface area contributed by atoms with Crippen LogP contribution in [0.15, 0.2) is 48.5 Å². The van der Waals surface area contributed by atoms with Gasteiger partial charge in [0.25, 0.3) is 5.69 Å². The molecule has 1 N–H and O–H groups in total. The van der Waals surface area contributed by atoms with Gasteiger partial charge in [-0.25, -0.2) is 0 Å². The summed E-state index contributed by atoms with van der Waals surface area (Å²) in [6.45, 7) is 3.93. The van der Waals surface area contributed by atoms with E-state index in [1.807, 2.05) is 26.0 Å². The molecule has 2 rings (SSSR count). The predicted molar refractivity (Wildman–Crippen MR) is 81.2 cm³/mol. The predicted octanol–water partition coefficient (Wildman–Crippen LogP) is 4.60. The van der Waals surface area contributed by atoms with Crippen molar-refractivity contribution in [1.82, 2.24) is 0 Å². The molecule has 0 fully saturated rings. The molecule has 0 saturated carbocycles. The van der Waals surface area contributed by atoms with Gasteiger partial charge in [-0.05, 0) is 37.6 Å². The maximum absolute atomic E-state index is 11.0. The van der Waals surface area contributed by atoms with Crippen LogP contribution < -0.4 is 5.32 Å². The second kappa shape index (κ2) is 5.51. The maximum atomic E-state index is 11.0. The van der Waals surface area contributed by atoms with Crippen LogP contribution in [-0.2, 0) is 5.54 Å². The van der Waals surface area contributed by atoms with Crippen molar-refractivity contribution >= 4 is 23.0 Å². The Hall–Kier alpha value is -2.07. The van der Waals surface area contributed by atoms with Crippen LogP contribution in [0.2, 0.25) is 5.02 Å². The van der Waals surface area contributed by atoms with E-state index < -0.39 is 5.54 Å². The molecule has 0 heterocycles. The Balaban J connectivity index is 2.33.